The van der Waals surface area contributed by atoms with Crippen molar-refractivity contribution in [2.75, 3.05) is 13.7 Å². The van der Waals surface area contributed by atoms with Gasteiger partial charge in [-0.2, -0.15) is 0 Å². The molecule has 7 heteroatoms. The maximum absolute atomic E-state index is 12.1. The van der Waals surface area contributed by atoms with Gasteiger partial charge in [0.15, 0.2) is 0 Å². The van der Waals surface area contributed by atoms with E-state index in [-0.39, 0.29) is 19.6 Å². The first-order chi connectivity index (χ1) is 10.6. The first-order valence-corrected chi connectivity index (χ1v) is 7.10. The summed E-state index contributed by atoms with van der Waals surface area (Å²) < 4.78 is 4.68. The number of nitrogens with zero attached hydrogens (tertiary/aromatic N) is 1. The fourth-order valence-corrected chi connectivity index (χ4v) is 2.36. The number of carbonyl (C=O) groups excluding carboxylic acids is 2. The molecule has 1 aromatic rings. The number of esters is 1. The number of piperidine rings is 1. The highest BCUT2D eigenvalue weighted by atomic mass is 16.7. The summed E-state index contributed by atoms with van der Waals surface area (Å²) in [5.41, 5.74) is 3.24. The molecule has 0 radical (unpaired) electrons. The molecule has 0 saturated carbocycles. The van der Waals surface area contributed by atoms with Crippen LogP contribution in [0.4, 0.5) is 4.79 Å². The predicted octanol–water partition coefficient (Wildman–Crippen LogP) is 0.826. The molecule has 2 amide bonds. The van der Waals surface area contributed by atoms with Crippen LogP contribution in [0.25, 0.3) is 0 Å². The zero-order valence-electron chi connectivity index (χ0n) is 12.4. The van der Waals surface area contributed by atoms with Gasteiger partial charge in [-0.1, -0.05) is 30.3 Å². The number of benzene rings is 1. The normalized spacial score (nSPS) is 21.3. The number of nitrogens with one attached hydrogen (secondary N) is 1. The molecule has 1 heterocycles. The van der Waals surface area contributed by atoms with Crippen molar-refractivity contribution in [1.82, 2.24) is 10.4 Å². The Labute approximate surface area is 128 Å². The van der Waals surface area contributed by atoms with Crippen LogP contribution in [0.2, 0.25) is 0 Å². The maximum Gasteiger partial charge on any atom is 0.342 e. The van der Waals surface area contributed by atoms with Gasteiger partial charge in [0.1, 0.15) is 6.04 Å². The minimum atomic E-state index is -0.797. The van der Waals surface area contributed by atoms with Gasteiger partial charge in [-0.05, 0) is 12.0 Å². The van der Waals surface area contributed by atoms with E-state index in [2.05, 4.69) is 10.2 Å². The summed E-state index contributed by atoms with van der Waals surface area (Å²) >= 11 is 0. The molecule has 1 aromatic carbocycles. The van der Waals surface area contributed by atoms with E-state index in [1.54, 1.807) is 0 Å². The summed E-state index contributed by atoms with van der Waals surface area (Å²) in [6, 6.07) is 8.08. The predicted molar refractivity (Wildman–Crippen MR) is 77.5 cm³/mol. The van der Waals surface area contributed by atoms with Crippen LogP contribution in [-0.4, -0.2) is 47.8 Å². The number of hydroxylamine groups is 1. The fraction of sp³-hybridized carbons (Fsp3) is 0.467. The van der Waals surface area contributed by atoms with Gasteiger partial charge in [-0.15, -0.1) is 0 Å². The average Bonchev–Trinajstić information content (AvgIpc) is 2.54. The number of likely N-dealkylation sites (tertiary alicyclic amines) is 1. The molecule has 1 fully saturated rings. The summed E-state index contributed by atoms with van der Waals surface area (Å²) in [5, 5.41) is 9.65. The Kier molecular flexibility index (Phi) is 5.74. The van der Waals surface area contributed by atoms with E-state index in [1.165, 1.54) is 12.0 Å². The number of amides is 2. The highest BCUT2D eigenvalue weighted by molar-refractivity contribution is 5.83. The number of urea groups is 1. The highest BCUT2D eigenvalue weighted by Crippen LogP contribution is 2.18. The Bertz CT molecular complexity index is 508. The van der Waals surface area contributed by atoms with Crippen LogP contribution in [0, 0.1) is 0 Å². The minimum absolute atomic E-state index is 0.165. The molecule has 1 saturated heterocycles. The SMILES string of the molecule is COC(=O)[C@H]1C[C@H](O)CCN1C(=O)NOCc1ccccc1. The first kappa shape index (κ1) is 16.3. The third-order valence-corrected chi connectivity index (χ3v) is 3.55. The van der Waals surface area contributed by atoms with E-state index >= 15 is 0 Å². The van der Waals surface area contributed by atoms with Crippen LogP contribution in [0.15, 0.2) is 30.3 Å². The lowest BCUT2D eigenvalue weighted by Crippen LogP contribution is -2.54. The molecule has 22 heavy (non-hydrogen) atoms. The molecule has 0 bridgehead atoms. The zero-order valence-corrected chi connectivity index (χ0v) is 12.4. The molecule has 0 aromatic heterocycles. The zero-order chi connectivity index (χ0) is 15.9. The molecule has 7 nitrogen and oxygen atoms in total. The van der Waals surface area contributed by atoms with Crippen molar-refractivity contribution in [3.8, 4) is 0 Å². The van der Waals surface area contributed by atoms with Crippen molar-refractivity contribution in [2.45, 2.75) is 31.6 Å². The van der Waals surface area contributed by atoms with Crippen LogP contribution < -0.4 is 5.48 Å². The minimum Gasteiger partial charge on any atom is -0.467 e. The van der Waals surface area contributed by atoms with Crippen molar-refractivity contribution in [1.29, 1.82) is 0 Å². The first-order valence-electron chi connectivity index (χ1n) is 7.10. The molecule has 0 unspecified atom stereocenters. The van der Waals surface area contributed by atoms with E-state index in [0.29, 0.717) is 6.42 Å². The lowest BCUT2D eigenvalue weighted by Gasteiger charge is -2.35. The largest absolute Gasteiger partial charge is 0.467 e. The van der Waals surface area contributed by atoms with Gasteiger partial charge in [-0.3, -0.25) is 4.84 Å². The Morgan fingerprint density at radius 2 is 2.09 bits per heavy atom. The van der Waals surface area contributed by atoms with E-state index in [4.69, 9.17) is 4.84 Å². The third-order valence-electron chi connectivity index (χ3n) is 3.55. The van der Waals surface area contributed by atoms with E-state index in [0.717, 1.165) is 5.56 Å². The second-order valence-corrected chi connectivity index (χ2v) is 5.09. The Balaban J connectivity index is 1.88. The number of aliphatic hydroxyl groups excluding tert-OH is 1. The van der Waals surface area contributed by atoms with Crippen LogP contribution in [0.1, 0.15) is 18.4 Å². The van der Waals surface area contributed by atoms with Gasteiger partial charge < -0.3 is 14.7 Å². The molecule has 2 atom stereocenters. The Morgan fingerprint density at radius 1 is 1.36 bits per heavy atom. The molecule has 1 aliphatic rings. The monoisotopic (exact) mass is 308 g/mol. The number of methoxy groups -OCH3 is 1. The summed E-state index contributed by atoms with van der Waals surface area (Å²) in [4.78, 5) is 30.3. The molecule has 1 aliphatic heterocycles. The molecule has 2 N–H and O–H groups in total. The lowest BCUT2D eigenvalue weighted by atomic mass is 10.00. The van der Waals surface area contributed by atoms with E-state index < -0.39 is 24.1 Å². The standard InChI is InChI=1S/C15H20N2O5/c1-21-14(19)13-9-12(18)7-8-17(13)15(20)16-22-10-11-5-3-2-4-6-11/h2-6,12-13,18H,7-10H2,1H3,(H,16,20)/t12-,13-/m1/s1. The fourth-order valence-electron chi connectivity index (χ4n) is 2.36. The molecule has 0 spiro atoms. The number of hydrogen-bond acceptors (Lipinski definition) is 5. The molecular weight excluding hydrogens is 288 g/mol. The van der Waals surface area contributed by atoms with Crippen molar-refractivity contribution in [3.63, 3.8) is 0 Å². The second kappa shape index (κ2) is 7.77. The maximum atomic E-state index is 12.1. The number of rotatable bonds is 4. The van der Waals surface area contributed by atoms with Crippen molar-refractivity contribution < 1.29 is 24.3 Å². The average molecular weight is 308 g/mol. The number of ether oxygens (including phenoxy) is 1. The van der Waals surface area contributed by atoms with Crippen LogP contribution in [0.3, 0.4) is 0 Å². The molecule has 120 valence electrons. The Morgan fingerprint density at radius 3 is 2.77 bits per heavy atom. The number of carbonyl (C=O) groups is 2. The number of hydrogen-bond donors (Lipinski definition) is 2. The van der Waals surface area contributed by atoms with E-state index in [1.807, 2.05) is 30.3 Å². The van der Waals surface area contributed by atoms with Gasteiger partial charge in [0, 0.05) is 13.0 Å². The second-order valence-electron chi connectivity index (χ2n) is 5.09. The van der Waals surface area contributed by atoms with Crippen molar-refractivity contribution in [2.24, 2.45) is 0 Å². The van der Waals surface area contributed by atoms with Crippen LogP contribution in [-0.2, 0) is 21.0 Å². The van der Waals surface area contributed by atoms with Gasteiger partial charge in [0.2, 0.25) is 0 Å². The summed E-state index contributed by atoms with van der Waals surface area (Å²) in [6.45, 7) is 0.493. The molecular formula is C15H20N2O5. The van der Waals surface area contributed by atoms with Gasteiger partial charge >= 0.3 is 12.0 Å². The van der Waals surface area contributed by atoms with Crippen LogP contribution >= 0.6 is 0 Å². The summed E-state index contributed by atoms with van der Waals surface area (Å²) in [7, 11) is 1.26. The van der Waals surface area contributed by atoms with Crippen molar-refractivity contribution >= 4 is 12.0 Å². The smallest absolute Gasteiger partial charge is 0.342 e. The molecule has 2 rings (SSSR count). The highest BCUT2D eigenvalue weighted by Gasteiger charge is 2.36. The topological polar surface area (TPSA) is 88.1 Å². The van der Waals surface area contributed by atoms with E-state index in [9.17, 15) is 14.7 Å². The quantitative estimate of drug-likeness (QED) is 0.635. The molecule has 0 aliphatic carbocycles. The lowest BCUT2D eigenvalue weighted by molar-refractivity contribution is -0.149. The van der Waals surface area contributed by atoms with Gasteiger partial charge in [0.25, 0.3) is 0 Å². The van der Waals surface area contributed by atoms with Gasteiger partial charge in [0.05, 0.1) is 19.8 Å². The Hall–Kier alpha value is -2.12. The van der Waals surface area contributed by atoms with Gasteiger partial charge in [-0.25, -0.2) is 15.1 Å². The summed E-state index contributed by atoms with van der Waals surface area (Å²) in [5.74, 6) is -0.544. The summed E-state index contributed by atoms with van der Waals surface area (Å²) in [6.07, 6.45) is -0.0309. The number of aliphatic hydroxyl groups is 1. The third kappa shape index (κ3) is 4.19. The van der Waals surface area contributed by atoms with Crippen molar-refractivity contribution in [3.05, 3.63) is 35.9 Å². The van der Waals surface area contributed by atoms with Crippen LogP contribution in [0.5, 0.6) is 0 Å².